The third-order valence-electron chi connectivity index (χ3n) is 4.13. The third kappa shape index (κ3) is 2.83. The Kier molecular flexibility index (Phi) is 4.21. The molecule has 0 bridgehead atoms. The number of carbonyl (C=O) groups is 2. The number of hydrogen-bond donors (Lipinski definition) is 0. The fourth-order valence-electron chi connectivity index (χ4n) is 2.77. The molecule has 1 heterocycles. The van der Waals surface area contributed by atoms with Crippen LogP contribution in [0.15, 0.2) is 42.0 Å². The summed E-state index contributed by atoms with van der Waals surface area (Å²) in [6, 6.07) is 10.8. The minimum Gasteiger partial charge on any atom is -0.488 e. The van der Waals surface area contributed by atoms with Gasteiger partial charge >= 0.3 is 5.97 Å². The summed E-state index contributed by atoms with van der Waals surface area (Å²) in [5.41, 5.74) is 4.42. The first-order valence-electron chi connectivity index (χ1n) is 7.68. The fourth-order valence-corrected chi connectivity index (χ4v) is 2.77. The van der Waals surface area contributed by atoms with Crippen LogP contribution in [0.1, 0.15) is 37.4 Å². The summed E-state index contributed by atoms with van der Waals surface area (Å²) in [7, 11) is 1.35. The molecule has 0 atom stereocenters. The number of ether oxygens (including phenoxy) is 2. The van der Waals surface area contributed by atoms with Crippen LogP contribution < -0.4 is 4.74 Å². The lowest BCUT2D eigenvalue weighted by Gasteiger charge is -2.22. The second-order valence-electron chi connectivity index (χ2n) is 5.80. The number of Topliss-reactive ketones (excluding diaryl/α,β-unsaturated/α-hetero) is 1. The van der Waals surface area contributed by atoms with Crippen molar-refractivity contribution in [1.82, 2.24) is 0 Å². The van der Waals surface area contributed by atoms with Crippen molar-refractivity contribution in [2.45, 2.75) is 13.8 Å². The lowest BCUT2D eigenvalue weighted by Crippen LogP contribution is -2.21. The van der Waals surface area contributed by atoms with Crippen LogP contribution in [-0.2, 0) is 4.74 Å². The van der Waals surface area contributed by atoms with E-state index in [0.29, 0.717) is 22.4 Å². The molecule has 0 fully saturated rings. The van der Waals surface area contributed by atoms with Gasteiger partial charge in [-0.3, -0.25) is 4.79 Å². The van der Waals surface area contributed by atoms with Gasteiger partial charge in [-0.05, 0) is 48.7 Å². The molecule has 0 amide bonds. The van der Waals surface area contributed by atoms with Gasteiger partial charge in [-0.1, -0.05) is 24.3 Å². The molecular weight excluding hydrogens is 304 g/mol. The van der Waals surface area contributed by atoms with E-state index >= 15 is 0 Å². The maximum Gasteiger partial charge on any atom is 0.337 e. The molecule has 4 heteroatoms. The largest absolute Gasteiger partial charge is 0.488 e. The molecule has 0 radical (unpaired) electrons. The first kappa shape index (κ1) is 16.0. The Morgan fingerprint density at radius 1 is 1.08 bits per heavy atom. The van der Waals surface area contributed by atoms with Crippen molar-refractivity contribution in [2.24, 2.45) is 0 Å². The first-order valence-corrected chi connectivity index (χ1v) is 7.68. The average molecular weight is 322 g/mol. The number of benzene rings is 2. The van der Waals surface area contributed by atoms with E-state index in [-0.39, 0.29) is 18.4 Å². The van der Waals surface area contributed by atoms with Gasteiger partial charge in [-0.25, -0.2) is 4.79 Å². The number of aryl methyl sites for hydroxylation is 2. The van der Waals surface area contributed by atoms with Gasteiger partial charge in [0.05, 0.1) is 18.2 Å². The Hall–Kier alpha value is -2.88. The Morgan fingerprint density at radius 3 is 2.42 bits per heavy atom. The highest BCUT2D eigenvalue weighted by molar-refractivity contribution is 6.15. The zero-order valence-corrected chi connectivity index (χ0v) is 13.9. The van der Waals surface area contributed by atoms with Crippen molar-refractivity contribution in [3.8, 4) is 5.75 Å². The van der Waals surface area contributed by atoms with Crippen molar-refractivity contribution in [1.29, 1.82) is 0 Å². The SMILES string of the molecule is COC(=O)c1ccc(/C=C2\COc3c(C)ccc(C)c3C2=O)cc1. The van der Waals surface area contributed by atoms with Crippen LogP contribution in [0, 0.1) is 13.8 Å². The summed E-state index contributed by atoms with van der Waals surface area (Å²) in [5.74, 6) is 0.291. The Balaban J connectivity index is 1.93. The summed E-state index contributed by atoms with van der Waals surface area (Å²) in [6.45, 7) is 4.09. The van der Waals surface area contributed by atoms with Crippen LogP contribution in [0.5, 0.6) is 5.75 Å². The summed E-state index contributed by atoms with van der Waals surface area (Å²) < 4.78 is 10.5. The van der Waals surface area contributed by atoms with Gasteiger partial charge in [0.2, 0.25) is 0 Å². The van der Waals surface area contributed by atoms with Crippen LogP contribution in [0.4, 0.5) is 0 Å². The van der Waals surface area contributed by atoms with E-state index in [9.17, 15) is 9.59 Å². The maximum absolute atomic E-state index is 12.8. The topological polar surface area (TPSA) is 52.6 Å². The van der Waals surface area contributed by atoms with Crippen molar-refractivity contribution in [3.63, 3.8) is 0 Å². The van der Waals surface area contributed by atoms with Crippen molar-refractivity contribution in [2.75, 3.05) is 13.7 Å². The molecule has 1 aliphatic rings. The molecule has 0 saturated heterocycles. The Morgan fingerprint density at radius 2 is 1.75 bits per heavy atom. The zero-order valence-electron chi connectivity index (χ0n) is 13.9. The van der Waals surface area contributed by atoms with Crippen LogP contribution in [-0.4, -0.2) is 25.5 Å². The number of esters is 1. The minimum absolute atomic E-state index is 0.00510. The number of hydrogen-bond acceptors (Lipinski definition) is 4. The van der Waals surface area contributed by atoms with Crippen LogP contribution in [0.2, 0.25) is 0 Å². The summed E-state index contributed by atoms with van der Waals surface area (Å²) >= 11 is 0. The predicted molar refractivity (Wildman–Crippen MR) is 91.5 cm³/mol. The molecule has 24 heavy (non-hydrogen) atoms. The van der Waals surface area contributed by atoms with Gasteiger partial charge in [0, 0.05) is 5.57 Å². The summed E-state index contributed by atoms with van der Waals surface area (Å²) in [4.78, 5) is 24.3. The highest BCUT2D eigenvalue weighted by Crippen LogP contribution is 2.33. The number of methoxy groups -OCH3 is 1. The second kappa shape index (κ2) is 6.32. The molecular formula is C20H18O4. The molecule has 0 aromatic heterocycles. The zero-order chi connectivity index (χ0) is 17.3. The van der Waals surface area contributed by atoms with E-state index in [1.807, 2.05) is 26.0 Å². The molecule has 1 aliphatic heterocycles. The predicted octanol–water partition coefficient (Wildman–Crippen LogP) is 3.75. The van der Waals surface area contributed by atoms with Crippen molar-refractivity contribution in [3.05, 3.63) is 69.8 Å². The molecule has 2 aromatic carbocycles. The van der Waals surface area contributed by atoms with E-state index in [1.165, 1.54) is 7.11 Å². The van der Waals surface area contributed by atoms with Crippen molar-refractivity contribution < 1.29 is 19.1 Å². The lowest BCUT2D eigenvalue weighted by atomic mass is 9.93. The van der Waals surface area contributed by atoms with Gasteiger partial charge < -0.3 is 9.47 Å². The van der Waals surface area contributed by atoms with E-state index < -0.39 is 0 Å². The smallest absolute Gasteiger partial charge is 0.337 e. The quantitative estimate of drug-likeness (QED) is 0.624. The molecule has 4 nitrogen and oxygen atoms in total. The number of ketones is 1. The maximum atomic E-state index is 12.8. The van der Waals surface area contributed by atoms with E-state index in [4.69, 9.17) is 4.74 Å². The molecule has 122 valence electrons. The lowest BCUT2D eigenvalue weighted by molar-refractivity contribution is 0.0600. The minimum atomic E-state index is -0.383. The highest BCUT2D eigenvalue weighted by Gasteiger charge is 2.26. The van der Waals surface area contributed by atoms with Gasteiger partial charge in [-0.2, -0.15) is 0 Å². The van der Waals surface area contributed by atoms with Gasteiger partial charge in [0.15, 0.2) is 5.78 Å². The number of fused-ring (bicyclic) bond motifs is 1. The van der Waals surface area contributed by atoms with Gasteiger partial charge in [-0.15, -0.1) is 0 Å². The highest BCUT2D eigenvalue weighted by atomic mass is 16.5. The number of rotatable bonds is 2. The summed E-state index contributed by atoms with van der Waals surface area (Å²) in [6.07, 6.45) is 1.80. The Bertz CT molecular complexity index is 845. The molecule has 0 N–H and O–H groups in total. The molecule has 0 saturated carbocycles. The molecule has 2 aromatic rings. The second-order valence-corrected chi connectivity index (χ2v) is 5.80. The fraction of sp³-hybridized carbons (Fsp3) is 0.200. The van der Waals surface area contributed by atoms with Crippen molar-refractivity contribution >= 4 is 17.8 Å². The van der Waals surface area contributed by atoms with Crippen LogP contribution in [0.3, 0.4) is 0 Å². The average Bonchev–Trinajstić information content (AvgIpc) is 2.60. The van der Waals surface area contributed by atoms with Gasteiger partial charge in [0.1, 0.15) is 12.4 Å². The van der Waals surface area contributed by atoms with E-state index in [0.717, 1.165) is 16.7 Å². The third-order valence-corrected chi connectivity index (χ3v) is 4.13. The summed E-state index contributed by atoms with van der Waals surface area (Å²) in [5, 5.41) is 0. The van der Waals surface area contributed by atoms with Crippen LogP contribution in [0.25, 0.3) is 6.08 Å². The van der Waals surface area contributed by atoms with Gasteiger partial charge in [0.25, 0.3) is 0 Å². The van der Waals surface area contributed by atoms with E-state index in [2.05, 4.69) is 4.74 Å². The van der Waals surface area contributed by atoms with Crippen LogP contribution >= 0.6 is 0 Å². The first-order chi connectivity index (χ1) is 11.5. The Labute approximate surface area is 140 Å². The number of carbonyl (C=O) groups excluding carboxylic acids is 2. The standard InChI is InChI=1S/C20H18O4/c1-12-4-5-13(2)19-17(12)18(21)16(11-24-19)10-14-6-8-15(9-7-14)20(22)23-3/h4-10H,11H2,1-3H3/b16-10+. The monoisotopic (exact) mass is 322 g/mol. The molecule has 0 unspecified atom stereocenters. The molecule has 3 rings (SSSR count). The molecule has 0 spiro atoms. The normalized spacial score (nSPS) is 15.0. The molecule has 0 aliphatic carbocycles. The van der Waals surface area contributed by atoms with E-state index in [1.54, 1.807) is 30.3 Å².